The zero-order valence-corrected chi connectivity index (χ0v) is 16.5. The number of amides is 1. The summed E-state index contributed by atoms with van der Waals surface area (Å²) in [6.45, 7) is 0. The Hall–Kier alpha value is -2.66. The van der Waals surface area contributed by atoms with Crippen LogP contribution in [-0.2, 0) is 20.8 Å². The van der Waals surface area contributed by atoms with Gasteiger partial charge in [-0.25, -0.2) is 18.4 Å². The first-order chi connectivity index (χ1) is 13.5. The van der Waals surface area contributed by atoms with Gasteiger partial charge in [-0.2, -0.15) is 13.2 Å². The van der Waals surface area contributed by atoms with Crippen LogP contribution in [0.3, 0.4) is 0 Å². The second-order valence-electron chi connectivity index (χ2n) is 6.00. The van der Waals surface area contributed by atoms with E-state index >= 15 is 0 Å². The lowest BCUT2D eigenvalue weighted by Crippen LogP contribution is -2.15. The lowest BCUT2D eigenvalue weighted by atomic mass is 10.2. The van der Waals surface area contributed by atoms with Crippen LogP contribution < -0.4 is 5.32 Å². The number of sulfone groups is 1. The van der Waals surface area contributed by atoms with E-state index in [0.29, 0.717) is 11.1 Å². The Morgan fingerprint density at radius 2 is 1.72 bits per heavy atom. The van der Waals surface area contributed by atoms with E-state index in [4.69, 9.17) is 0 Å². The van der Waals surface area contributed by atoms with Gasteiger partial charge in [0.25, 0.3) is 0 Å². The van der Waals surface area contributed by atoms with Gasteiger partial charge in [-0.1, -0.05) is 30.0 Å². The van der Waals surface area contributed by atoms with Crippen LogP contribution in [0.4, 0.5) is 18.9 Å². The molecule has 3 aromatic rings. The van der Waals surface area contributed by atoms with Crippen LogP contribution in [-0.4, -0.2) is 36.3 Å². The number of nitrogens with one attached hydrogen (secondary N) is 1. The van der Waals surface area contributed by atoms with Gasteiger partial charge in [0.1, 0.15) is 5.03 Å². The summed E-state index contributed by atoms with van der Waals surface area (Å²) in [5.74, 6) is -1.93. The van der Waals surface area contributed by atoms with Crippen molar-refractivity contribution < 1.29 is 26.4 Å². The molecule has 6 nitrogen and oxygen atoms in total. The smallest absolute Gasteiger partial charge is 0.325 e. The molecule has 0 atom stereocenters. The fraction of sp³-hybridized carbons (Fsp3) is 0.167. The summed E-state index contributed by atoms with van der Waals surface area (Å²) in [6.07, 6.45) is -3.64. The highest BCUT2D eigenvalue weighted by Crippen LogP contribution is 2.32. The topological polar surface area (TPSA) is 89.0 Å². The average Bonchev–Trinajstić information content (AvgIpc) is 2.65. The van der Waals surface area contributed by atoms with Gasteiger partial charge in [0.15, 0.2) is 9.84 Å². The van der Waals surface area contributed by atoms with E-state index in [1.54, 1.807) is 18.2 Å². The summed E-state index contributed by atoms with van der Waals surface area (Å²) in [5.41, 5.74) is 0.501. The first-order valence-corrected chi connectivity index (χ1v) is 11.0. The lowest BCUT2D eigenvalue weighted by Gasteiger charge is -2.10. The Morgan fingerprint density at radius 3 is 2.34 bits per heavy atom. The molecule has 29 heavy (non-hydrogen) atoms. The van der Waals surface area contributed by atoms with Crippen LogP contribution in [0.2, 0.25) is 0 Å². The largest absolute Gasteiger partial charge is 0.451 e. The Labute approximate surface area is 168 Å². The molecule has 3 rings (SSSR count). The first-order valence-electron chi connectivity index (χ1n) is 8.11. The summed E-state index contributed by atoms with van der Waals surface area (Å²) in [4.78, 5) is 19.4. The van der Waals surface area contributed by atoms with Crippen molar-refractivity contribution in [2.75, 3.05) is 17.3 Å². The number of benzene rings is 2. The molecule has 1 amide bonds. The van der Waals surface area contributed by atoms with E-state index in [9.17, 15) is 26.4 Å². The number of halogens is 3. The number of fused-ring (bicyclic) bond motifs is 1. The zero-order valence-electron chi connectivity index (χ0n) is 14.9. The molecule has 0 saturated heterocycles. The third-order valence-corrected chi connectivity index (χ3v) is 5.85. The molecule has 2 aromatic carbocycles. The molecule has 0 bridgehead atoms. The molecule has 11 heteroatoms. The minimum absolute atomic E-state index is 0.0468. The number of carbonyl (C=O) groups excluding carboxylic acids is 1. The number of alkyl halides is 3. The molecule has 0 aliphatic carbocycles. The number of anilines is 1. The number of rotatable bonds is 5. The quantitative estimate of drug-likeness (QED) is 0.479. The Morgan fingerprint density at radius 1 is 1.07 bits per heavy atom. The normalized spacial score (nSPS) is 12.1. The van der Waals surface area contributed by atoms with E-state index < -0.39 is 27.7 Å². The lowest BCUT2D eigenvalue weighted by molar-refractivity contribution is -0.145. The van der Waals surface area contributed by atoms with Gasteiger partial charge in [-0.3, -0.25) is 4.79 Å². The summed E-state index contributed by atoms with van der Waals surface area (Å²) in [5, 5.41) is 3.02. The summed E-state index contributed by atoms with van der Waals surface area (Å²) >= 11 is 0.856. The third-order valence-electron chi connectivity index (χ3n) is 3.73. The fourth-order valence-electron chi connectivity index (χ4n) is 2.40. The standard InChI is InChI=1S/C18H14F3N3O3S2/c1-29(26,27)12-8-6-11(7-9-12)22-15(25)10-28-16-13-4-2-3-5-14(13)23-17(24-16)18(19,20)21/h2-9H,10H2,1H3,(H,22,25). The Balaban J connectivity index is 1.75. The highest BCUT2D eigenvalue weighted by molar-refractivity contribution is 8.00. The van der Waals surface area contributed by atoms with E-state index in [0.717, 1.165) is 18.0 Å². The fourth-order valence-corrected chi connectivity index (χ4v) is 3.85. The number of para-hydroxylation sites is 1. The number of hydrogen-bond donors (Lipinski definition) is 1. The zero-order chi connectivity index (χ0) is 21.2. The molecular weight excluding hydrogens is 427 g/mol. The van der Waals surface area contributed by atoms with Crippen molar-refractivity contribution in [3.05, 3.63) is 54.4 Å². The van der Waals surface area contributed by atoms with E-state index in [1.165, 1.54) is 30.3 Å². The minimum atomic E-state index is -4.71. The van der Waals surface area contributed by atoms with Crippen LogP contribution in [0.25, 0.3) is 10.9 Å². The Bertz CT molecular complexity index is 1160. The van der Waals surface area contributed by atoms with Crippen LogP contribution in [0, 0.1) is 0 Å². The van der Waals surface area contributed by atoms with Gasteiger partial charge in [-0.15, -0.1) is 0 Å². The molecule has 0 unspecified atom stereocenters. The highest BCUT2D eigenvalue weighted by Gasteiger charge is 2.35. The molecule has 1 aromatic heterocycles. The summed E-state index contributed by atoms with van der Waals surface area (Å²) in [7, 11) is -3.35. The van der Waals surface area contributed by atoms with Gasteiger partial charge >= 0.3 is 6.18 Å². The summed E-state index contributed by atoms with van der Waals surface area (Å²) < 4.78 is 62.0. The maximum absolute atomic E-state index is 13.0. The molecule has 0 fully saturated rings. The first kappa shape index (κ1) is 21.1. The van der Waals surface area contributed by atoms with Crippen molar-refractivity contribution in [3.8, 4) is 0 Å². The molecule has 152 valence electrons. The molecule has 1 N–H and O–H groups in total. The van der Waals surface area contributed by atoms with Gasteiger partial charge in [-0.05, 0) is 30.3 Å². The van der Waals surface area contributed by atoms with E-state index in [2.05, 4.69) is 15.3 Å². The molecule has 0 aliphatic rings. The van der Waals surface area contributed by atoms with Crippen molar-refractivity contribution in [2.24, 2.45) is 0 Å². The monoisotopic (exact) mass is 441 g/mol. The van der Waals surface area contributed by atoms with Gasteiger partial charge in [0.2, 0.25) is 11.7 Å². The maximum atomic E-state index is 13.0. The number of aromatic nitrogens is 2. The van der Waals surface area contributed by atoms with Crippen molar-refractivity contribution in [1.29, 1.82) is 0 Å². The van der Waals surface area contributed by atoms with Crippen LogP contribution in [0.1, 0.15) is 5.82 Å². The number of carbonyl (C=O) groups is 1. The predicted molar refractivity (Wildman–Crippen MR) is 103 cm³/mol. The van der Waals surface area contributed by atoms with Crippen LogP contribution >= 0.6 is 11.8 Å². The van der Waals surface area contributed by atoms with E-state index in [1.807, 2.05) is 0 Å². The van der Waals surface area contributed by atoms with Gasteiger partial charge in [0.05, 0.1) is 16.2 Å². The maximum Gasteiger partial charge on any atom is 0.451 e. The third kappa shape index (κ3) is 5.24. The van der Waals surface area contributed by atoms with Gasteiger partial charge in [0, 0.05) is 17.3 Å². The highest BCUT2D eigenvalue weighted by atomic mass is 32.2. The van der Waals surface area contributed by atoms with Crippen molar-refractivity contribution in [3.63, 3.8) is 0 Å². The van der Waals surface area contributed by atoms with E-state index in [-0.39, 0.29) is 21.2 Å². The number of nitrogens with zero attached hydrogens (tertiary/aromatic N) is 2. The van der Waals surface area contributed by atoms with Crippen molar-refractivity contribution in [1.82, 2.24) is 9.97 Å². The molecule has 0 radical (unpaired) electrons. The summed E-state index contributed by atoms with van der Waals surface area (Å²) in [6, 6.07) is 11.8. The van der Waals surface area contributed by atoms with Crippen molar-refractivity contribution >= 4 is 44.1 Å². The average molecular weight is 441 g/mol. The predicted octanol–water partition coefficient (Wildman–Crippen LogP) is 3.78. The second-order valence-corrected chi connectivity index (χ2v) is 8.98. The number of thioether (sulfide) groups is 1. The van der Waals surface area contributed by atoms with Gasteiger partial charge < -0.3 is 5.32 Å². The number of hydrogen-bond acceptors (Lipinski definition) is 6. The molecule has 0 saturated carbocycles. The SMILES string of the molecule is CS(=O)(=O)c1ccc(NC(=O)CSc2nc(C(F)(F)F)nc3ccccc23)cc1. The van der Waals surface area contributed by atoms with Crippen LogP contribution in [0.15, 0.2) is 58.5 Å². The Kier molecular flexibility index (Phi) is 5.80. The molecule has 0 aliphatic heterocycles. The minimum Gasteiger partial charge on any atom is -0.325 e. The van der Waals surface area contributed by atoms with Crippen molar-refractivity contribution in [2.45, 2.75) is 16.1 Å². The van der Waals surface area contributed by atoms with Crippen LogP contribution in [0.5, 0.6) is 0 Å². The molecule has 1 heterocycles. The molecule has 0 spiro atoms. The molecular formula is C18H14F3N3O3S2. The second kappa shape index (κ2) is 7.99.